The summed E-state index contributed by atoms with van der Waals surface area (Å²) in [6.07, 6.45) is 0.354. The Morgan fingerprint density at radius 2 is 1.92 bits per heavy atom. The van der Waals surface area contributed by atoms with E-state index in [9.17, 15) is 13.2 Å². The van der Waals surface area contributed by atoms with Crippen LogP contribution in [-0.2, 0) is 10.9 Å². The summed E-state index contributed by atoms with van der Waals surface area (Å²) in [5.41, 5.74) is 5.63. The van der Waals surface area contributed by atoms with E-state index in [1.165, 1.54) is 13.4 Å². The third-order valence-electron chi connectivity index (χ3n) is 4.69. The Balaban J connectivity index is 2.38. The molecule has 2 N–H and O–H groups in total. The van der Waals surface area contributed by atoms with Crippen molar-refractivity contribution in [3.63, 3.8) is 0 Å². The van der Waals surface area contributed by atoms with E-state index in [2.05, 4.69) is 15.0 Å². The van der Waals surface area contributed by atoms with Crippen LogP contribution >= 0.6 is 0 Å². The van der Waals surface area contributed by atoms with Gasteiger partial charge in [-0.05, 0) is 30.1 Å². The van der Waals surface area contributed by atoms with E-state index < -0.39 is 23.2 Å². The van der Waals surface area contributed by atoms with Crippen molar-refractivity contribution in [3.8, 4) is 0 Å². The first-order valence-corrected chi connectivity index (χ1v) is 7.98. The van der Waals surface area contributed by atoms with Crippen LogP contribution in [0.5, 0.6) is 0 Å². The molecule has 3 rings (SSSR count). The second-order valence-electron chi connectivity index (χ2n) is 6.88. The Hall–Kier alpha value is -2.64. The number of rotatable bonds is 2. The second-order valence-corrected chi connectivity index (χ2v) is 6.88. The topological polar surface area (TPSA) is 73.9 Å². The lowest BCUT2D eigenvalue weighted by Crippen LogP contribution is -2.27. The molecule has 1 aliphatic carbocycles. The number of nitrogens with two attached hydrogens (primary N) is 1. The molecule has 2 heterocycles. The smallest absolute Gasteiger partial charge is 0.433 e. The molecule has 1 aliphatic rings. The number of hydrogen-bond acceptors (Lipinski definition) is 5. The number of alkyl halides is 3. The Morgan fingerprint density at radius 3 is 2.54 bits per heavy atom. The Labute approximate surface area is 148 Å². The average Bonchev–Trinajstić information content (AvgIpc) is 2.54. The second kappa shape index (κ2) is 5.96. The number of nitrogens with zero attached hydrogens (tertiary/aromatic N) is 3. The number of halogens is 3. The molecule has 1 atom stereocenters. The minimum atomic E-state index is -4.61. The number of anilines is 1. The fourth-order valence-electron chi connectivity index (χ4n) is 3.46. The number of methoxy groups -OCH3 is 1. The standard InChI is InChI=1S/C18H19F3N4O/c1-9-11(26-4)5-6-17(2,3)13(9)15-14-10(16(22)24-8-23-14)7-12(25-15)18(19,20)21/h5-8,13H,1-4H3,(H2,22,23,24). The average molecular weight is 364 g/mol. The minimum Gasteiger partial charge on any atom is -0.497 e. The van der Waals surface area contributed by atoms with Gasteiger partial charge < -0.3 is 10.5 Å². The van der Waals surface area contributed by atoms with Gasteiger partial charge in [-0.3, -0.25) is 0 Å². The fourth-order valence-corrected chi connectivity index (χ4v) is 3.46. The number of hydrogen-bond donors (Lipinski definition) is 1. The van der Waals surface area contributed by atoms with Crippen molar-refractivity contribution >= 4 is 16.7 Å². The molecule has 0 saturated heterocycles. The van der Waals surface area contributed by atoms with Crippen LogP contribution in [0.2, 0.25) is 0 Å². The zero-order chi connectivity index (χ0) is 19.3. The van der Waals surface area contributed by atoms with Crippen LogP contribution in [0.4, 0.5) is 19.0 Å². The molecule has 8 heteroatoms. The van der Waals surface area contributed by atoms with Crippen LogP contribution in [0.3, 0.4) is 0 Å². The number of nitrogen functional groups attached to an aromatic ring is 1. The number of pyridine rings is 1. The summed E-state index contributed by atoms with van der Waals surface area (Å²) < 4.78 is 45.7. The molecule has 26 heavy (non-hydrogen) atoms. The van der Waals surface area contributed by atoms with Crippen LogP contribution in [0.1, 0.15) is 38.1 Å². The van der Waals surface area contributed by atoms with Gasteiger partial charge in [0.15, 0.2) is 0 Å². The van der Waals surface area contributed by atoms with E-state index in [0.717, 1.165) is 11.6 Å². The largest absolute Gasteiger partial charge is 0.497 e. The molecule has 0 aromatic carbocycles. The van der Waals surface area contributed by atoms with Gasteiger partial charge in [0.1, 0.15) is 23.6 Å². The summed E-state index contributed by atoms with van der Waals surface area (Å²) in [6, 6.07) is 0.899. The highest BCUT2D eigenvalue weighted by Crippen LogP contribution is 2.48. The zero-order valence-corrected chi connectivity index (χ0v) is 14.8. The molecule has 0 radical (unpaired) electrons. The normalized spacial score (nSPS) is 19.9. The minimum absolute atomic E-state index is 0.0121. The Bertz CT molecular complexity index is 932. The summed E-state index contributed by atoms with van der Waals surface area (Å²) in [6.45, 7) is 5.69. The summed E-state index contributed by atoms with van der Waals surface area (Å²) in [5.74, 6) is 0.132. The Kier molecular flexibility index (Phi) is 4.17. The van der Waals surface area contributed by atoms with Crippen LogP contribution in [0, 0.1) is 5.41 Å². The summed E-state index contributed by atoms with van der Waals surface area (Å²) in [4.78, 5) is 12.0. The van der Waals surface area contributed by atoms with Gasteiger partial charge >= 0.3 is 6.18 Å². The number of ether oxygens (including phenoxy) is 1. The lowest BCUT2D eigenvalue weighted by Gasteiger charge is -2.36. The molecule has 0 aliphatic heterocycles. The highest BCUT2D eigenvalue weighted by molar-refractivity contribution is 5.90. The number of aromatic nitrogens is 3. The molecule has 5 nitrogen and oxygen atoms in total. The van der Waals surface area contributed by atoms with Crippen molar-refractivity contribution in [2.24, 2.45) is 5.41 Å². The molecular formula is C18H19F3N4O. The number of fused-ring (bicyclic) bond motifs is 1. The molecule has 0 saturated carbocycles. The van der Waals surface area contributed by atoms with Crippen molar-refractivity contribution in [2.45, 2.75) is 32.9 Å². The van der Waals surface area contributed by atoms with Crippen LogP contribution in [-0.4, -0.2) is 22.1 Å². The van der Waals surface area contributed by atoms with Crippen molar-refractivity contribution in [1.82, 2.24) is 15.0 Å². The summed E-state index contributed by atoms with van der Waals surface area (Å²) >= 11 is 0. The fraction of sp³-hybridized carbons (Fsp3) is 0.389. The van der Waals surface area contributed by atoms with Crippen molar-refractivity contribution < 1.29 is 17.9 Å². The third-order valence-corrected chi connectivity index (χ3v) is 4.69. The molecular weight excluding hydrogens is 345 g/mol. The summed E-state index contributed by atoms with van der Waals surface area (Å²) in [7, 11) is 1.52. The quantitative estimate of drug-likeness (QED) is 0.863. The van der Waals surface area contributed by atoms with E-state index >= 15 is 0 Å². The van der Waals surface area contributed by atoms with Crippen molar-refractivity contribution in [2.75, 3.05) is 12.8 Å². The number of allylic oxidation sites excluding steroid dienone is 3. The van der Waals surface area contributed by atoms with E-state index in [4.69, 9.17) is 10.5 Å². The molecule has 138 valence electrons. The maximum atomic E-state index is 13.4. The lowest BCUT2D eigenvalue weighted by atomic mass is 9.69. The maximum absolute atomic E-state index is 13.4. The van der Waals surface area contributed by atoms with Gasteiger partial charge in [0.05, 0.1) is 18.3 Å². The predicted molar refractivity (Wildman–Crippen MR) is 92.1 cm³/mol. The van der Waals surface area contributed by atoms with E-state index in [1.807, 2.05) is 32.9 Å². The monoisotopic (exact) mass is 364 g/mol. The molecule has 0 amide bonds. The van der Waals surface area contributed by atoms with Gasteiger partial charge in [0, 0.05) is 11.3 Å². The van der Waals surface area contributed by atoms with Gasteiger partial charge in [-0.1, -0.05) is 19.9 Å². The predicted octanol–water partition coefficient (Wildman–Crippen LogP) is 4.23. The first-order chi connectivity index (χ1) is 12.1. The third kappa shape index (κ3) is 2.89. The van der Waals surface area contributed by atoms with E-state index in [-0.39, 0.29) is 16.9 Å². The van der Waals surface area contributed by atoms with Gasteiger partial charge in [-0.15, -0.1) is 0 Å². The SMILES string of the molecule is COC1=C(C)C(c2nc(C(F)(F)F)cc3c(N)ncnc23)C(C)(C)C=C1. The maximum Gasteiger partial charge on any atom is 0.433 e. The highest BCUT2D eigenvalue weighted by Gasteiger charge is 2.40. The van der Waals surface area contributed by atoms with Crippen molar-refractivity contribution in [3.05, 3.63) is 47.3 Å². The van der Waals surface area contributed by atoms with Crippen LogP contribution in [0.15, 0.2) is 35.9 Å². The lowest BCUT2D eigenvalue weighted by molar-refractivity contribution is -0.141. The molecule has 0 spiro atoms. The highest BCUT2D eigenvalue weighted by atomic mass is 19.4. The summed E-state index contributed by atoms with van der Waals surface area (Å²) in [5, 5.41) is 0.141. The van der Waals surface area contributed by atoms with Gasteiger partial charge in [-0.25, -0.2) is 15.0 Å². The Morgan fingerprint density at radius 1 is 1.23 bits per heavy atom. The molecule has 0 fully saturated rings. The first kappa shape index (κ1) is 18.2. The zero-order valence-electron chi connectivity index (χ0n) is 14.8. The van der Waals surface area contributed by atoms with E-state index in [1.54, 1.807) is 0 Å². The van der Waals surface area contributed by atoms with Crippen LogP contribution in [0.25, 0.3) is 10.9 Å². The first-order valence-electron chi connectivity index (χ1n) is 7.98. The molecule has 0 bridgehead atoms. The van der Waals surface area contributed by atoms with Gasteiger partial charge in [0.25, 0.3) is 0 Å². The molecule has 2 aromatic heterocycles. The molecule has 1 unspecified atom stereocenters. The van der Waals surface area contributed by atoms with E-state index in [0.29, 0.717) is 11.3 Å². The van der Waals surface area contributed by atoms with Gasteiger partial charge in [0.2, 0.25) is 0 Å². The van der Waals surface area contributed by atoms with Crippen LogP contribution < -0.4 is 5.73 Å². The van der Waals surface area contributed by atoms with Crippen molar-refractivity contribution in [1.29, 1.82) is 0 Å². The molecule has 2 aromatic rings. The van der Waals surface area contributed by atoms with Gasteiger partial charge in [-0.2, -0.15) is 13.2 Å².